The highest BCUT2D eigenvalue weighted by Crippen LogP contribution is 2.20. The standard InChI is InChI=1S/C10H23N3O.HI/c1-10(2,6-7-14-5)8-12-9(11)13(3)4;/h6-8H2,1-5H3,(H2,11,12);1H. The molecule has 0 fully saturated rings. The second-order valence-corrected chi connectivity index (χ2v) is 4.48. The number of guanidine groups is 1. The molecule has 0 saturated heterocycles. The van der Waals surface area contributed by atoms with Gasteiger partial charge in [-0.3, -0.25) is 4.99 Å². The third kappa shape index (κ3) is 8.92. The van der Waals surface area contributed by atoms with Gasteiger partial charge in [-0.25, -0.2) is 0 Å². The minimum Gasteiger partial charge on any atom is -0.385 e. The number of hydrogen-bond acceptors (Lipinski definition) is 2. The number of aliphatic imine (C=N–C) groups is 1. The average molecular weight is 329 g/mol. The summed E-state index contributed by atoms with van der Waals surface area (Å²) in [4.78, 5) is 6.12. The quantitative estimate of drug-likeness (QED) is 0.473. The molecule has 5 heteroatoms. The van der Waals surface area contributed by atoms with Gasteiger partial charge in [0.2, 0.25) is 0 Å². The summed E-state index contributed by atoms with van der Waals surface area (Å²) in [5.74, 6) is 0.579. The largest absolute Gasteiger partial charge is 0.385 e. The van der Waals surface area contributed by atoms with Gasteiger partial charge in [0.15, 0.2) is 5.96 Å². The van der Waals surface area contributed by atoms with Crippen molar-refractivity contribution in [3.8, 4) is 0 Å². The van der Waals surface area contributed by atoms with E-state index in [0.717, 1.165) is 19.6 Å². The van der Waals surface area contributed by atoms with Gasteiger partial charge in [-0.15, -0.1) is 24.0 Å². The second kappa shape index (κ2) is 8.15. The fraction of sp³-hybridized carbons (Fsp3) is 0.900. The first-order chi connectivity index (χ1) is 6.39. The van der Waals surface area contributed by atoms with Crippen LogP contribution in [-0.2, 0) is 4.74 Å². The van der Waals surface area contributed by atoms with Crippen molar-refractivity contribution in [1.82, 2.24) is 4.90 Å². The van der Waals surface area contributed by atoms with E-state index in [1.165, 1.54) is 0 Å². The molecule has 0 aliphatic heterocycles. The normalized spacial score (nSPS) is 12.2. The third-order valence-electron chi connectivity index (χ3n) is 2.11. The number of halogens is 1. The first-order valence-electron chi connectivity index (χ1n) is 4.85. The monoisotopic (exact) mass is 329 g/mol. The molecule has 0 amide bonds. The summed E-state index contributed by atoms with van der Waals surface area (Å²) < 4.78 is 5.04. The summed E-state index contributed by atoms with van der Waals surface area (Å²) in [7, 11) is 5.50. The van der Waals surface area contributed by atoms with Gasteiger partial charge in [-0.2, -0.15) is 0 Å². The van der Waals surface area contributed by atoms with E-state index in [-0.39, 0.29) is 29.4 Å². The van der Waals surface area contributed by atoms with Crippen molar-refractivity contribution in [2.45, 2.75) is 20.3 Å². The van der Waals surface area contributed by atoms with Gasteiger partial charge in [0.1, 0.15) is 0 Å². The zero-order valence-electron chi connectivity index (χ0n) is 10.4. The highest BCUT2D eigenvalue weighted by atomic mass is 127. The Bertz CT molecular complexity index is 193. The molecular weight excluding hydrogens is 305 g/mol. The SMILES string of the molecule is COCCC(C)(C)CN=C(N)N(C)C.I. The van der Waals surface area contributed by atoms with Gasteiger partial charge in [0, 0.05) is 34.4 Å². The molecule has 0 spiro atoms. The summed E-state index contributed by atoms with van der Waals surface area (Å²) in [5, 5.41) is 0. The van der Waals surface area contributed by atoms with Crippen LogP contribution in [0.5, 0.6) is 0 Å². The minimum atomic E-state index is 0. The van der Waals surface area contributed by atoms with Gasteiger partial charge in [0.25, 0.3) is 0 Å². The molecule has 0 aliphatic rings. The number of hydrogen-bond donors (Lipinski definition) is 1. The van der Waals surface area contributed by atoms with Crippen LogP contribution in [0, 0.1) is 5.41 Å². The van der Waals surface area contributed by atoms with Gasteiger partial charge >= 0.3 is 0 Å². The van der Waals surface area contributed by atoms with E-state index in [0.29, 0.717) is 5.96 Å². The van der Waals surface area contributed by atoms with Crippen LogP contribution >= 0.6 is 24.0 Å². The van der Waals surface area contributed by atoms with Crippen molar-refractivity contribution in [3.05, 3.63) is 0 Å². The molecule has 0 heterocycles. The predicted molar refractivity (Wildman–Crippen MR) is 75.9 cm³/mol. The molecule has 15 heavy (non-hydrogen) atoms. The van der Waals surface area contributed by atoms with Crippen LogP contribution in [-0.4, -0.2) is 45.2 Å². The molecule has 0 aliphatic carbocycles. The van der Waals surface area contributed by atoms with Crippen molar-refractivity contribution in [2.75, 3.05) is 34.4 Å². The van der Waals surface area contributed by atoms with Crippen molar-refractivity contribution in [1.29, 1.82) is 0 Å². The van der Waals surface area contributed by atoms with Crippen LogP contribution in [0.25, 0.3) is 0 Å². The smallest absolute Gasteiger partial charge is 0.190 e. The van der Waals surface area contributed by atoms with Crippen molar-refractivity contribution in [3.63, 3.8) is 0 Å². The van der Waals surface area contributed by atoms with E-state index in [1.54, 1.807) is 7.11 Å². The van der Waals surface area contributed by atoms with Crippen molar-refractivity contribution >= 4 is 29.9 Å². The maximum absolute atomic E-state index is 5.70. The molecule has 0 saturated carbocycles. The lowest BCUT2D eigenvalue weighted by Crippen LogP contribution is -2.32. The molecule has 0 atom stereocenters. The molecule has 0 radical (unpaired) electrons. The van der Waals surface area contributed by atoms with Gasteiger partial charge in [0.05, 0.1) is 0 Å². The molecule has 4 nitrogen and oxygen atoms in total. The molecular formula is C10H24IN3O. The Morgan fingerprint density at radius 2 is 1.93 bits per heavy atom. The van der Waals surface area contributed by atoms with E-state index in [2.05, 4.69) is 18.8 Å². The van der Waals surface area contributed by atoms with Gasteiger partial charge < -0.3 is 15.4 Å². The second-order valence-electron chi connectivity index (χ2n) is 4.48. The number of rotatable bonds is 5. The molecule has 0 aromatic rings. The van der Waals surface area contributed by atoms with Crippen LogP contribution in [0.4, 0.5) is 0 Å². The average Bonchev–Trinajstić information content (AvgIpc) is 2.11. The van der Waals surface area contributed by atoms with E-state index >= 15 is 0 Å². The summed E-state index contributed by atoms with van der Waals surface area (Å²) in [6, 6.07) is 0. The molecule has 0 bridgehead atoms. The zero-order valence-corrected chi connectivity index (χ0v) is 12.7. The number of methoxy groups -OCH3 is 1. The van der Waals surface area contributed by atoms with Crippen LogP contribution in [0.2, 0.25) is 0 Å². The number of nitrogens with zero attached hydrogens (tertiary/aromatic N) is 2. The molecule has 92 valence electrons. The highest BCUT2D eigenvalue weighted by Gasteiger charge is 2.17. The Kier molecular flexibility index (Phi) is 9.43. The van der Waals surface area contributed by atoms with Crippen LogP contribution in [0.15, 0.2) is 4.99 Å². The molecule has 0 aromatic carbocycles. The molecule has 2 N–H and O–H groups in total. The van der Waals surface area contributed by atoms with E-state index < -0.39 is 0 Å². The lowest BCUT2D eigenvalue weighted by molar-refractivity contribution is 0.155. The minimum absolute atomic E-state index is 0. The van der Waals surface area contributed by atoms with E-state index in [9.17, 15) is 0 Å². The Morgan fingerprint density at radius 1 is 1.40 bits per heavy atom. The van der Waals surface area contributed by atoms with Crippen molar-refractivity contribution < 1.29 is 4.74 Å². The first kappa shape index (κ1) is 17.4. The van der Waals surface area contributed by atoms with Gasteiger partial charge in [-0.05, 0) is 11.8 Å². The van der Waals surface area contributed by atoms with Crippen LogP contribution in [0.3, 0.4) is 0 Å². The van der Waals surface area contributed by atoms with E-state index in [4.69, 9.17) is 10.5 Å². The Labute approximate surface area is 110 Å². The third-order valence-corrected chi connectivity index (χ3v) is 2.11. The molecule has 0 aromatic heterocycles. The Hall–Kier alpha value is -0.0400. The summed E-state index contributed by atoms with van der Waals surface area (Å²) in [5.41, 5.74) is 5.85. The highest BCUT2D eigenvalue weighted by molar-refractivity contribution is 14.0. The summed E-state index contributed by atoms with van der Waals surface area (Å²) in [6.07, 6.45) is 0.994. The zero-order chi connectivity index (χ0) is 11.2. The maximum Gasteiger partial charge on any atom is 0.190 e. The van der Waals surface area contributed by atoms with Crippen LogP contribution in [0.1, 0.15) is 20.3 Å². The fourth-order valence-corrected chi connectivity index (χ4v) is 0.894. The number of ether oxygens (including phenoxy) is 1. The first-order valence-corrected chi connectivity index (χ1v) is 4.85. The Morgan fingerprint density at radius 3 is 2.33 bits per heavy atom. The predicted octanol–water partition coefficient (Wildman–Crippen LogP) is 1.54. The van der Waals surface area contributed by atoms with E-state index in [1.807, 2.05) is 19.0 Å². The molecule has 0 rings (SSSR count). The Balaban J connectivity index is 0. The topological polar surface area (TPSA) is 50.9 Å². The van der Waals surface area contributed by atoms with Crippen molar-refractivity contribution in [2.24, 2.45) is 16.1 Å². The molecule has 0 unspecified atom stereocenters. The van der Waals surface area contributed by atoms with Crippen LogP contribution < -0.4 is 5.73 Å². The summed E-state index contributed by atoms with van der Waals surface area (Å²) in [6.45, 7) is 5.84. The lowest BCUT2D eigenvalue weighted by Gasteiger charge is -2.22. The van der Waals surface area contributed by atoms with Gasteiger partial charge in [-0.1, -0.05) is 13.8 Å². The fourth-order valence-electron chi connectivity index (χ4n) is 0.894. The summed E-state index contributed by atoms with van der Waals surface area (Å²) >= 11 is 0. The maximum atomic E-state index is 5.70. The number of nitrogens with two attached hydrogens (primary N) is 1. The lowest BCUT2D eigenvalue weighted by atomic mass is 9.90.